The van der Waals surface area contributed by atoms with E-state index in [1.807, 2.05) is 0 Å². The van der Waals surface area contributed by atoms with Crippen LogP contribution in [0.1, 0.15) is 11.1 Å². The zero-order chi connectivity index (χ0) is 10.2. The number of benzene rings is 1. The van der Waals surface area contributed by atoms with Crippen LogP contribution < -0.4 is 56.8 Å². The van der Waals surface area contributed by atoms with Crippen molar-refractivity contribution in [2.45, 2.75) is 13.8 Å². The summed E-state index contributed by atoms with van der Waals surface area (Å²) in [5.41, 5.74) is -0.142. The summed E-state index contributed by atoms with van der Waals surface area (Å²) in [6.07, 6.45) is 0. The monoisotopic (exact) mass is 228 g/mol. The predicted octanol–water partition coefficient (Wildman–Crippen LogP) is -0.933. The smallest absolute Gasteiger partial charge is 0.507 e. The van der Waals surface area contributed by atoms with E-state index >= 15 is 0 Å². The van der Waals surface area contributed by atoms with Crippen LogP contribution in [0.15, 0.2) is 12.1 Å². The maximum absolute atomic E-state index is 12.3. The standard InChI is InChI=1S/C8H9BF3O.K/c1-5-3-7(9(10,11)12)4-6(2)8(5)13;/h3-4,13H,1-2H3;/q-1;+1. The summed E-state index contributed by atoms with van der Waals surface area (Å²) in [5, 5.41) is 9.24. The van der Waals surface area contributed by atoms with Crippen molar-refractivity contribution in [3.63, 3.8) is 0 Å². The van der Waals surface area contributed by atoms with Gasteiger partial charge in [-0.2, -0.15) is 0 Å². The molecule has 1 rings (SSSR count). The van der Waals surface area contributed by atoms with Gasteiger partial charge < -0.3 is 18.1 Å². The quantitative estimate of drug-likeness (QED) is 0.615. The van der Waals surface area contributed by atoms with E-state index in [9.17, 15) is 18.1 Å². The van der Waals surface area contributed by atoms with E-state index in [2.05, 4.69) is 0 Å². The van der Waals surface area contributed by atoms with Crippen LogP contribution in [0.4, 0.5) is 12.9 Å². The number of aryl methyl sites for hydroxylation is 2. The van der Waals surface area contributed by atoms with Crippen molar-refractivity contribution in [1.82, 2.24) is 0 Å². The van der Waals surface area contributed by atoms with Gasteiger partial charge in [-0.1, -0.05) is 12.1 Å². The predicted molar refractivity (Wildman–Crippen MR) is 46.3 cm³/mol. The van der Waals surface area contributed by atoms with Crippen LogP contribution in [0.25, 0.3) is 0 Å². The molecule has 0 unspecified atom stereocenters. The van der Waals surface area contributed by atoms with Gasteiger partial charge in [-0.3, -0.25) is 0 Å². The topological polar surface area (TPSA) is 20.2 Å². The van der Waals surface area contributed by atoms with Crippen molar-refractivity contribution in [3.05, 3.63) is 23.3 Å². The second kappa shape index (κ2) is 5.03. The molecule has 1 nitrogen and oxygen atoms in total. The van der Waals surface area contributed by atoms with Crippen molar-refractivity contribution in [1.29, 1.82) is 0 Å². The van der Waals surface area contributed by atoms with E-state index < -0.39 is 12.4 Å². The first-order valence-corrected chi connectivity index (χ1v) is 3.82. The Morgan fingerprint density at radius 2 is 1.43 bits per heavy atom. The Kier molecular flexibility index (Phi) is 5.21. The largest absolute Gasteiger partial charge is 1.00 e. The maximum atomic E-state index is 12.3. The second-order valence-corrected chi connectivity index (χ2v) is 3.08. The number of hydrogen-bond acceptors (Lipinski definition) is 1. The van der Waals surface area contributed by atoms with Gasteiger partial charge in [0.1, 0.15) is 5.75 Å². The van der Waals surface area contributed by atoms with Crippen molar-refractivity contribution >= 4 is 12.4 Å². The Hall–Kier alpha value is 0.511. The van der Waals surface area contributed by atoms with Crippen LogP contribution >= 0.6 is 0 Å². The van der Waals surface area contributed by atoms with Crippen LogP contribution in [-0.4, -0.2) is 12.1 Å². The third-order valence-corrected chi connectivity index (χ3v) is 1.89. The SMILES string of the molecule is Cc1cc([B-](F)(F)F)cc(C)c1O.[K+]. The van der Waals surface area contributed by atoms with Crippen LogP contribution in [0.2, 0.25) is 0 Å². The molecule has 1 aromatic rings. The van der Waals surface area contributed by atoms with E-state index in [1.165, 1.54) is 13.8 Å². The number of phenolic OH excluding ortho intramolecular Hbond substituents is 1. The zero-order valence-electron chi connectivity index (χ0n) is 8.31. The molecule has 0 saturated heterocycles. The van der Waals surface area contributed by atoms with Crippen molar-refractivity contribution < 1.29 is 69.4 Å². The molecule has 0 aliphatic heterocycles. The fraction of sp³-hybridized carbons (Fsp3) is 0.250. The first kappa shape index (κ1) is 14.5. The molecular weight excluding hydrogens is 219 g/mol. The molecule has 0 saturated carbocycles. The molecule has 0 bridgehead atoms. The number of rotatable bonds is 1. The Labute approximate surface area is 123 Å². The number of phenols is 1. The molecule has 0 aliphatic carbocycles. The fourth-order valence-corrected chi connectivity index (χ4v) is 1.18. The van der Waals surface area contributed by atoms with E-state index in [1.54, 1.807) is 0 Å². The Bertz CT molecular complexity index is 315. The van der Waals surface area contributed by atoms with E-state index in [4.69, 9.17) is 0 Å². The van der Waals surface area contributed by atoms with Gasteiger partial charge >= 0.3 is 58.4 Å². The van der Waals surface area contributed by atoms with Gasteiger partial charge in [0.25, 0.3) is 0 Å². The Morgan fingerprint density at radius 1 is 1.07 bits per heavy atom. The van der Waals surface area contributed by atoms with E-state index in [-0.39, 0.29) is 68.3 Å². The van der Waals surface area contributed by atoms with Crippen LogP contribution in [0.3, 0.4) is 0 Å². The van der Waals surface area contributed by atoms with Crippen LogP contribution in [0.5, 0.6) is 5.75 Å². The van der Waals surface area contributed by atoms with Gasteiger partial charge in [0.2, 0.25) is 0 Å². The number of halogens is 3. The average Bonchev–Trinajstić information content (AvgIpc) is 1.97. The molecule has 0 radical (unpaired) electrons. The molecule has 0 aliphatic rings. The minimum Gasteiger partial charge on any atom is -0.507 e. The molecular formula is C8H9BF3KO. The Morgan fingerprint density at radius 3 is 1.71 bits per heavy atom. The van der Waals surface area contributed by atoms with Crippen molar-refractivity contribution in [2.24, 2.45) is 0 Å². The molecule has 14 heavy (non-hydrogen) atoms. The summed E-state index contributed by atoms with van der Waals surface area (Å²) in [6, 6.07) is 1.92. The molecule has 0 aromatic heterocycles. The zero-order valence-corrected chi connectivity index (χ0v) is 11.4. The minimum absolute atomic E-state index is 0. The summed E-state index contributed by atoms with van der Waals surface area (Å²) in [5.74, 6) is -0.0659. The van der Waals surface area contributed by atoms with Gasteiger partial charge in [0.15, 0.2) is 0 Å². The molecule has 0 amide bonds. The van der Waals surface area contributed by atoms with Crippen LogP contribution in [-0.2, 0) is 0 Å². The summed E-state index contributed by atoms with van der Waals surface area (Å²) in [4.78, 5) is 0. The minimum atomic E-state index is -4.97. The Balaban J connectivity index is 0.00000169. The molecule has 0 fully saturated rings. The molecule has 0 atom stereocenters. The number of aromatic hydroxyl groups is 1. The summed E-state index contributed by atoms with van der Waals surface area (Å²) in [7, 11) is 0. The maximum Gasteiger partial charge on any atom is 1.00 e. The fourth-order valence-electron chi connectivity index (χ4n) is 1.18. The molecule has 0 heterocycles. The van der Waals surface area contributed by atoms with Crippen LogP contribution in [0, 0.1) is 13.8 Å². The van der Waals surface area contributed by atoms with Gasteiger partial charge in [-0.05, 0) is 25.0 Å². The normalized spacial score (nSPS) is 10.9. The van der Waals surface area contributed by atoms with E-state index in [0.717, 1.165) is 12.1 Å². The van der Waals surface area contributed by atoms with Gasteiger partial charge in [0, 0.05) is 0 Å². The molecule has 1 aromatic carbocycles. The van der Waals surface area contributed by atoms with Crippen molar-refractivity contribution in [3.8, 4) is 5.75 Å². The second-order valence-electron chi connectivity index (χ2n) is 3.08. The summed E-state index contributed by atoms with van der Waals surface area (Å²) in [6.45, 7) is -2.06. The summed E-state index contributed by atoms with van der Waals surface area (Å²) < 4.78 is 36.8. The first-order valence-electron chi connectivity index (χ1n) is 3.82. The average molecular weight is 228 g/mol. The van der Waals surface area contributed by atoms with Gasteiger partial charge in [-0.15, -0.1) is 5.46 Å². The molecule has 72 valence electrons. The van der Waals surface area contributed by atoms with Gasteiger partial charge in [0.05, 0.1) is 0 Å². The third kappa shape index (κ3) is 3.27. The first-order chi connectivity index (χ1) is 5.82. The number of hydrogen-bond donors (Lipinski definition) is 1. The molecule has 6 heteroatoms. The molecule has 0 spiro atoms. The van der Waals surface area contributed by atoms with E-state index in [0.29, 0.717) is 0 Å². The third-order valence-electron chi connectivity index (χ3n) is 1.89. The summed E-state index contributed by atoms with van der Waals surface area (Å²) >= 11 is 0. The molecule has 1 N–H and O–H groups in total. The van der Waals surface area contributed by atoms with Gasteiger partial charge in [-0.25, -0.2) is 0 Å². The van der Waals surface area contributed by atoms with Crippen molar-refractivity contribution in [2.75, 3.05) is 0 Å².